The van der Waals surface area contributed by atoms with Crippen molar-refractivity contribution in [2.45, 2.75) is 27.3 Å². The molecule has 0 aliphatic heterocycles. The third kappa shape index (κ3) is 5.07. The number of aryl methyl sites for hydroxylation is 1. The lowest BCUT2D eigenvalue weighted by atomic mass is 10.2. The first kappa shape index (κ1) is 15.9. The number of ether oxygens (including phenoxy) is 1. The lowest BCUT2D eigenvalue weighted by Crippen LogP contribution is -2.19. The Morgan fingerprint density at radius 1 is 1.05 bits per heavy atom. The standard InChI is InChI=1S/C18H22ClNO/c1-13(2)11-20-12-15-6-9-17(10-18(15)19)21-16-7-4-14(3)5-8-16/h4-10,13,20H,11-12H2,1-3H3. The van der Waals surface area contributed by atoms with Crippen molar-refractivity contribution in [3.05, 3.63) is 58.6 Å². The van der Waals surface area contributed by atoms with Crippen LogP contribution >= 0.6 is 11.6 Å². The number of hydrogen-bond donors (Lipinski definition) is 1. The van der Waals surface area contributed by atoms with E-state index < -0.39 is 0 Å². The Labute approximate surface area is 132 Å². The molecule has 2 rings (SSSR count). The fourth-order valence-electron chi connectivity index (χ4n) is 1.97. The molecule has 0 spiro atoms. The van der Waals surface area contributed by atoms with Gasteiger partial charge < -0.3 is 10.1 Å². The van der Waals surface area contributed by atoms with Gasteiger partial charge in [0.15, 0.2) is 0 Å². The van der Waals surface area contributed by atoms with E-state index in [4.69, 9.17) is 16.3 Å². The monoisotopic (exact) mass is 303 g/mol. The molecule has 0 fully saturated rings. The highest BCUT2D eigenvalue weighted by molar-refractivity contribution is 6.31. The summed E-state index contributed by atoms with van der Waals surface area (Å²) >= 11 is 6.32. The van der Waals surface area contributed by atoms with Gasteiger partial charge in [0.1, 0.15) is 11.5 Å². The molecule has 21 heavy (non-hydrogen) atoms. The zero-order valence-electron chi connectivity index (χ0n) is 12.8. The lowest BCUT2D eigenvalue weighted by molar-refractivity contribution is 0.482. The van der Waals surface area contributed by atoms with Crippen LogP contribution in [0.4, 0.5) is 0 Å². The number of rotatable bonds is 6. The Morgan fingerprint density at radius 2 is 1.71 bits per heavy atom. The quantitative estimate of drug-likeness (QED) is 0.793. The molecule has 3 heteroatoms. The summed E-state index contributed by atoms with van der Waals surface area (Å²) in [6.45, 7) is 8.19. The average molecular weight is 304 g/mol. The topological polar surface area (TPSA) is 21.3 Å². The molecule has 0 bridgehead atoms. The highest BCUT2D eigenvalue weighted by Gasteiger charge is 2.04. The molecule has 0 atom stereocenters. The van der Waals surface area contributed by atoms with E-state index in [1.54, 1.807) is 0 Å². The number of benzene rings is 2. The van der Waals surface area contributed by atoms with Crippen molar-refractivity contribution in [3.8, 4) is 11.5 Å². The fraction of sp³-hybridized carbons (Fsp3) is 0.333. The van der Waals surface area contributed by atoms with Gasteiger partial charge in [-0.15, -0.1) is 0 Å². The van der Waals surface area contributed by atoms with Crippen molar-refractivity contribution in [1.82, 2.24) is 5.32 Å². The van der Waals surface area contributed by atoms with Gasteiger partial charge in [-0.1, -0.05) is 49.2 Å². The van der Waals surface area contributed by atoms with Gasteiger partial charge in [-0.05, 0) is 49.2 Å². The highest BCUT2D eigenvalue weighted by atomic mass is 35.5. The maximum atomic E-state index is 6.32. The van der Waals surface area contributed by atoms with Gasteiger partial charge in [0.25, 0.3) is 0 Å². The van der Waals surface area contributed by atoms with E-state index in [-0.39, 0.29) is 0 Å². The van der Waals surface area contributed by atoms with E-state index in [1.807, 2.05) is 42.5 Å². The minimum absolute atomic E-state index is 0.632. The summed E-state index contributed by atoms with van der Waals surface area (Å²) < 4.78 is 5.81. The minimum Gasteiger partial charge on any atom is -0.457 e. The van der Waals surface area contributed by atoms with Crippen LogP contribution in [0.25, 0.3) is 0 Å². The summed E-state index contributed by atoms with van der Waals surface area (Å²) in [5.74, 6) is 2.21. The summed E-state index contributed by atoms with van der Waals surface area (Å²) in [5, 5.41) is 4.12. The molecular formula is C18H22ClNO. The van der Waals surface area contributed by atoms with Crippen molar-refractivity contribution in [2.24, 2.45) is 5.92 Å². The second-order valence-electron chi connectivity index (χ2n) is 5.69. The normalized spacial score (nSPS) is 10.9. The van der Waals surface area contributed by atoms with Gasteiger partial charge in [0.2, 0.25) is 0 Å². The molecule has 2 nitrogen and oxygen atoms in total. The summed E-state index contributed by atoms with van der Waals surface area (Å²) in [5.41, 5.74) is 2.31. The van der Waals surface area contributed by atoms with E-state index in [0.29, 0.717) is 5.92 Å². The lowest BCUT2D eigenvalue weighted by Gasteiger charge is -2.11. The van der Waals surface area contributed by atoms with E-state index in [0.717, 1.165) is 35.2 Å². The predicted octanol–water partition coefficient (Wildman–Crippen LogP) is 5.19. The van der Waals surface area contributed by atoms with E-state index >= 15 is 0 Å². The van der Waals surface area contributed by atoms with E-state index in [1.165, 1.54) is 5.56 Å². The zero-order valence-corrected chi connectivity index (χ0v) is 13.6. The maximum absolute atomic E-state index is 6.32. The molecule has 2 aromatic rings. The number of nitrogens with one attached hydrogen (secondary N) is 1. The molecule has 0 radical (unpaired) electrons. The molecule has 0 aliphatic rings. The molecule has 0 unspecified atom stereocenters. The van der Waals surface area contributed by atoms with Crippen LogP contribution in [0.2, 0.25) is 5.02 Å². The van der Waals surface area contributed by atoms with Crippen molar-refractivity contribution in [3.63, 3.8) is 0 Å². The summed E-state index contributed by atoms with van der Waals surface area (Å²) in [6, 6.07) is 13.8. The highest BCUT2D eigenvalue weighted by Crippen LogP contribution is 2.27. The van der Waals surface area contributed by atoms with Gasteiger partial charge in [-0.25, -0.2) is 0 Å². The SMILES string of the molecule is Cc1ccc(Oc2ccc(CNCC(C)C)c(Cl)c2)cc1. The largest absolute Gasteiger partial charge is 0.457 e. The van der Waals surface area contributed by atoms with Gasteiger partial charge in [0, 0.05) is 11.6 Å². The van der Waals surface area contributed by atoms with Crippen LogP contribution in [-0.2, 0) is 6.54 Å². The molecular weight excluding hydrogens is 282 g/mol. The molecule has 2 aromatic carbocycles. The van der Waals surface area contributed by atoms with Crippen LogP contribution in [-0.4, -0.2) is 6.54 Å². The second kappa shape index (κ2) is 7.48. The third-order valence-electron chi connectivity index (χ3n) is 3.15. The zero-order chi connectivity index (χ0) is 15.2. The van der Waals surface area contributed by atoms with Gasteiger partial charge in [0.05, 0.1) is 0 Å². The van der Waals surface area contributed by atoms with Gasteiger partial charge in [-0.3, -0.25) is 0 Å². The molecule has 112 valence electrons. The van der Waals surface area contributed by atoms with Crippen LogP contribution in [0.5, 0.6) is 11.5 Å². The average Bonchev–Trinajstić information content (AvgIpc) is 2.43. The van der Waals surface area contributed by atoms with Crippen LogP contribution in [0.15, 0.2) is 42.5 Å². The van der Waals surface area contributed by atoms with Crippen molar-refractivity contribution >= 4 is 11.6 Å². The van der Waals surface area contributed by atoms with E-state index in [9.17, 15) is 0 Å². The Morgan fingerprint density at radius 3 is 2.33 bits per heavy atom. The van der Waals surface area contributed by atoms with Crippen molar-refractivity contribution in [2.75, 3.05) is 6.54 Å². The summed E-state index contributed by atoms with van der Waals surface area (Å²) in [7, 11) is 0. The Balaban J connectivity index is 1.99. The molecule has 0 saturated carbocycles. The molecule has 0 heterocycles. The van der Waals surface area contributed by atoms with Crippen molar-refractivity contribution in [1.29, 1.82) is 0 Å². The first-order valence-electron chi connectivity index (χ1n) is 7.28. The van der Waals surface area contributed by atoms with Crippen LogP contribution in [0, 0.1) is 12.8 Å². The van der Waals surface area contributed by atoms with Crippen LogP contribution in [0.1, 0.15) is 25.0 Å². The predicted molar refractivity (Wildman–Crippen MR) is 89.2 cm³/mol. The molecule has 0 saturated heterocycles. The van der Waals surface area contributed by atoms with Crippen molar-refractivity contribution < 1.29 is 4.74 Å². The third-order valence-corrected chi connectivity index (χ3v) is 3.50. The molecule has 0 aliphatic carbocycles. The fourth-order valence-corrected chi connectivity index (χ4v) is 2.21. The maximum Gasteiger partial charge on any atom is 0.128 e. The second-order valence-corrected chi connectivity index (χ2v) is 6.10. The Bertz CT molecular complexity index is 578. The number of halogens is 1. The summed E-state index contributed by atoms with van der Waals surface area (Å²) in [4.78, 5) is 0. The molecule has 0 aromatic heterocycles. The van der Waals surface area contributed by atoms with Gasteiger partial charge in [-0.2, -0.15) is 0 Å². The summed E-state index contributed by atoms with van der Waals surface area (Å²) in [6.07, 6.45) is 0. The smallest absolute Gasteiger partial charge is 0.128 e. The Kier molecular flexibility index (Phi) is 5.66. The molecule has 0 amide bonds. The van der Waals surface area contributed by atoms with Crippen LogP contribution in [0.3, 0.4) is 0 Å². The first-order valence-corrected chi connectivity index (χ1v) is 7.66. The Hall–Kier alpha value is -1.51. The van der Waals surface area contributed by atoms with E-state index in [2.05, 4.69) is 26.1 Å². The van der Waals surface area contributed by atoms with Crippen LogP contribution < -0.4 is 10.1 Å². The molecule has 1 N–H and O–H groups in total. The number of hydrogen-bond acceptors (Lipinski definition) is 2. The van der Waals surface area contributed by atoms with Gasteiger partial charge >= 0.3 is 0 Å². The minimum atomic E-state index is 0.632. The first-order chi connectivity index (χ1) is 10.0.